The molecule has 0 unspecified atom stereocenters. The molecule has 0 aliphatic heterocycles. The van der Waals surface area contributed by atoms with Gasteiger partial charge < -0.3 is 14.3 Å². The number of allylic oxidation sites excluding steroid dienone is 1. The minimum Gasteiger partial charge on any atom is -0.503 e. The normalized spacial score (nSPS) is 12.5. The standard InChI is InChI=1S/C32H30F6N2O5/c1-20(39-45-18-24-7-5-6-8-27(24)28(19-42-2)30(41)43-3)29(40-44-4)23-13-11-21(12-14-23)9-10-22-15-25(31(33,34)35)17-26(16-22)32(36,37)38/h5-8,11-17,19,39H,1,9-10,18H2,2-4H3. The number of carbonyl (C=O) groups is 1. The Bertz CT molecular complexity index is 1510. The van der Waals surface area contributed by atoms with Crippen molar-refractivity contribution >= 4 is 17.3 Å². The molecule has 0 amide bonds. The number of nitrogens with one attached hydrogen (secondary N) is 1. The van der Waals surface area contributed by atoms with Gasteiger partial charge in [-0.25, -0.2) is 4.79 Å². The Labute approximate surface area is 255 Å². The average molecular weight is 637 g/mol. The van der Waals surface area contributed by atoms with Gasteiger partial charge in [0.25, 0.3) is 0 Å². The molecule has 3 rings (SSSR count). The van der Waals surface area contributed by atoms with Gasteiger partial charge in [-0.2, -0.15) is 26.3 Å². The molecule has 0 aromatic heterocycles. The number of esters is 1. The zero-order valence-electron chi connectivity index (χ0n) is 24.5. The lowest BCUT2D eigenvalue weighted by Gasteiger charge is -2.15. The largest absolute Gasteiger partial charge is 0.503 e. The zero-order valence-corrected chi connectivity index (χ0v) is 24.5. The first-order chi connectivity index (χ1) is 21.3. The van der Waals surface area contributed by atoms with Crippen molar-refractivity contribution < 1.29 is 50.3 Å². The molecule has 0 atom stereocenters. The fourth-order valence-electron chi connectivity index (χ4n) is 4.26. The van der Waals surface area contributed by atoms with Crippen molar-refractivity contribution in [2.45, 2.75) is 31.8 Å². The molecular formula is C32H30F6N2O5. The molecule has 0 aliphatic carbocycles. The smallest absolute Gasteiger partial charge is 0.416 e. The van der Waals surface area contributed by atoms with Crippen LogP contribution < -0.4 is 5.48 Å². The molecule has 7 nitrogen and oxygen atoms in total. The van der Waals surface area contributed by atoms with E-state index in [2.05, 4.69) is 17.2 Å². The number of ether oxygens (including phenoxy) is 2. The van der Waals surface area contributed by atoms with Crippen LogP contribution in [0, 0.1) is 0 Å². The number of rotatable bonds is 13. The highest BCUT2D eigenvalue weighted by Gasteiger charge is 2.36. The number of hydrogen-bond acceptors (Lipinski definition) is 7. The zero-order chi connectivity index (χ0) is 33.2. The van der Waals surface area contributed by atoms with Crippen LogP contribution in [0.5, 0.6) is 0 Å². The maximum Gasteiger partial charge on any atom is 0.416 e. The van der Waals surface area contributed by atoms with Gasteiger partial charge in [0.2, 0.25) is 0 Å². The molecule has 3 aromatic rings. The molecule has 0 heterocycles. The number of oxime groups is 1. The summed E-state index contributed by atoms with van der Waals surface area (Å²) in [5.41, 5.74) is 2.93. The number of alkyl halides is 6. The van der Waals surface area contributed by atoms with E-state index in [1.165, 1.54) is 27.6 Å². The van der Waals surface area contributed by atoms with Crippen molar-refractivity contribution in [1.29, 1.82) is 0 Å². The van der Waals surface area contributed by atoms with Crippen LogP contribution in [0.2, 0.25) is 0 Å². The van der Waals surface area contributed by atoms with Crippen molar-refractivity contribution in [3.63, 3.8) is 0 Å². The number of halogens is 6. The number of methoxy groups -OCH3 is 2. The van der Waals surface area contributed by atoms with Crippen LogP contribution in [0.4, 0.5) is 26.3 Å². The monoisotopic (exact) mass is 636 g/mol. The molecule has 0 spiro atoms. The minimum absolute atomic E-state index is 0.00195. The van der Waals surface area contributed by atoms with Gasteiger partial charge in [-0.15, -0.1) is 0 Å². The van der Waals surface area contributed by atoms with Crippen LogP contribution >= 0.6 is 0 Å². The van der Waals surface area contributed by atoms with Gasteiger partial charge in [0.05, 0.1) is 37.3 Å². The highest BCUT2D eigenvalue weighted by molar-refractivity contribution is 6.16. The lowest BCUT2D eigenvalue weighted by molar-refractivity contribution is -0.143. The average Bonchev–Trinajstić information content (AvgIpc) is 3.00. The van der Waals surface area contributed by atoms with Crippen LogP contribution in [0.15, 0.2) is 90.4 Å². The molecule has 13 heteroatoms. The highest BCUT2D eigenvalue weighted by atomic mass is 19.4. The van der Waals surface area contributed by atoms with E-state index in [1.807, 2.05) is 0 Å². The molecule has 3 aromatic carbocycles. The van der Waals surface area contributed by atoms with E-state index < -0.39 is 29.4 Å². The Morgan fingerprint density at radius 2 is 1.47 bits per heavy atom. The third-order valence-electron chi connectivity index (χ3n) is 6.42. The maximum absolute atomic E-state index is 13.2. The lowest BCUT2D eigenvalue weighted by Crippen LogP contribution is -2.21. The first-order valence-corrected chi connectivity index (χ1v) is 13.2. The summed E-state index contributed by atoms with van der Waals surface area (Å²) in [7, 11) is 3.99. The van der Waals surface area contributed by atoms with Gasteiger partial charge in [0, 0.05) is 5.56 Å². The molecule has 0 saturated heterocycles. The van der Waals surface area contributed by atoms with Gasteiger partial charge in [0.1, 0.15) is 25.0 Å². The Morgan fingerprint density at radius 3 is 2.02 bits per heavy atom. The SMILES string of the molecule is C=C(NOCc1ccccc1C(=COC)C(=O)OC)C(=NOC)c1ccc(CCc2cc(C(F)(F)F)cc(C(F)(F)F)c2)cc1. The summed E-state index contributed by atoms with van der Waals surface area (Å²) in [5.74, 6) is -0.597. The first kappa shape index (κ1) is 34.7. The van der Waals surface area contributed by atoms with Gasteiger partial charge in [-0.3, -0.25) is 10.3 Å². The third-order valence-corrected chi connectivity index (χ3v) is 6.42. The van der Waals surface area contributed by atoms with Crippen molar-refractivity contribution in [2.75, 3.05) is 21.3 Å². The molecule has 0 radical (unpaired) electrons. The minimum atomic E-state index is -4.91. The van der Waals surface area contributed by atoms with Crippen molar-refractivity contribution in [2.24, 2.45) is 5.16 Å². The van der Waals surface area contributed by atoms with Crippen LogP contribution in [0.25, 0.3) is 5.57 Å². The topological polar surface area (TPSA) is 78.4 Å². The molecule has 0 fully saturated rings. The number of aryl methyl sites for hydroxylation is 2. The molecule has 240 valence electrons. The Hall–Kier alpha value is -4.78. The number of nitrogens with zero attached hydrogens (tertiary/aromatic N) is 1. The summed E-state index contributed by atoms with van der Waals surface area (Å²) in [6.07, 6.45) is -8.42. The van der Waals surface area contributed by atoms with Crippen LogP contribution in [-0.4, -0.2) is 33.0 Å². The van der Waals surface area contributed by atoms with E-state index in [4.69, 9.17) is 19.1 Å². The summed E-state index contributed by atoms with van der Waals surface area (Å²) in [4.78, 5) is 22.8. The van der Waals surface area contributed by atoms with Gasteiger partial charge >= 0.3 is 18.3 Å². The summed E-state index contributed by atoms with van der Waals surface area (Å²) in [6, 6.07) is 15.2. The quantitative estimate of drug-likeness (QED) is 0.0532. The van der Waals surface area contributed by atoms with Gasteiger partial charge in [-0.05, 0) is 53.3 Å². The Kier molecular flexibility index (Phi) is 11.8. The molecule has 1 N–H and O–H groups in total. The second kappa shape index (κ2) is 15.3. The van der Waals surface area contributed by atoms with E-state index in [1.54, 1.807) is 48.5 Å². The van der Waals surface area contributed by atoms with Crippen LogP contribution in [0.1, 0.15) is 38.9 Å². The van der Waals surface area contributed by atoms with Crippen molar-refractivity contribution in [3.05, 3.63) is 124 Å². The molecular weight excluding hydrogens is 606 g/mol. The van der Waals surface area contributed by atoms with Crippen LogP contribution in [0.3, 0.4) is 0 Å². The van der Waals surface area contributed by atoms with E-state index in [-0.39, 0.29) is 48.1 Å². The lowest BCUT2D eigenvalue weighted by atomic mass is 9.98. The fraction of sp³-hybridized carbons (Fsp3) is 0.250. The van der Waals surface area contributed by atoms with E-state index in [0.29, 0.717) is 22.3 Å². The molecule has 0 saturated carbocycles. The summed E-state index contributed by atoms with van der Waals surface area (Å²) >= 11 is 0. The number of benzene rings is 3. The third kappa shape index (κ3) is 9.60. The van der Waals surface area contributed by atoms with E-state index >= 15 is 0 Å². The number of hydroxylamine groups is 1. The fourth-order valence-corrected chi connectivity index (χ4v) is 4.26. The van der Waals surface area contributed by atoms with Gasteiger partial charge in [0.15, 0.2) is 0 Å². The number of hydrogen-bond donors (Lipinski definition) is 1. The van der Waals surface area contributed by atoms with Gasteiger partial charge in [-0.1, -0.05) is 60.3 Å². The second-order valence-electron chi connectivity index (χ2n) is 9.52. The first-order valence-electron chi connectivity index (χ1n) is 13.2. The van der Waals surface area contributed by atoms with E-state index in [0.717, 1.165) is 12.1 Å². The Balaban J connectivity index is 1.70. The van der Waals surface area contributed by atoms with E-state index in [9.17, 15) is 31.1 Å². The maximum atomic E-state index is 13.2. The Morgan fingerprint density at radius 1 is 0.867 bits per heavy atom. The summed E-state index contributed by atoms with van der Waals surface area (Å²) in [6.45, 7) is 3.93. The summed E-state index contributed by atoms with van der Waals surface area (Å²) in [5, 5.41) is 3.99. The summed E-state index contributed by atoms with van der Waals surface area (Å²) < 4.78 is 89.0. The number of carbonyl (C=O) groups excluding carboxylic acids is 1. The highest BCUT2D eigenvalue weighted by Crippen LogP contribution is 2.36. The van der Waals surface area contributed by atoms with Crippen molar-refractivity contribution in [1.82, 2.24) is 5.48 Å². The van der Waals surface area contributed by atoms with Crippen LogP contribution in [-0.2, 0) is 55.7 Å². The molecule has 0 aliphatic rings. The molecule has 45 heavy (non-hydrogen) atoms. The molecule has 0 bridgehead atoms. The predicted molar refractivity (Wildman–Crippen MR) is 154 cm³/mol. The second-order valence-corrected chi connectivity index (χ2v) is 9.52. The predicted octanol–water partition coefficient (Wildman–Crippen LogP) is 7.26. The van der Waals surface area contributed by atoms with Crippen molar-refractivity contribution in [3.8, 4) is 0 Å².